The molecule has 1 aliphatic rings. The van der Waals surface area contributed by atoms with E-state index in [1.807, 2.05) is 12.1 Å². The molecule has 0 spiro atoms. The van der Waals surface area contributed by atoms with Crippen molar-refractivity contribution in [3.63, 3.8) is 0 Å². The maximum Gasteiger partial charge on any atom is 0.161 e. The second kappa shape index (κ2) is 3.53. The summed E-state index contributed by atoms with van der Waals surface area (Å²) in [7, 11) is 0. The predicted octanol–water partition coefficient (Wildman–Crippen LogP) is 1.95. The van der Waals surface area contributed by atoms with E-state index < -0.39 is 0 Å². The van der Waals surface area contributed by atoms with Gasteiger partial charge in [-0.05, 0) is 23.8 Å². The van der Waals surface area contributed by atoms with Gasteiger partial charge < -0.3 is 9.72 Å². The monoisotopic (exact) mass is 238 g/mol. The molecule has 1 N–H and O–H groups in total. The van der Waals surface area contributed by atoms with Gasteiger partial charge in [-0.15, -0.1) is 0 Å². The van der Waals surface area contributed by atoms with Crippen molar-refractivity contribution in [1.82, 2.24) is 19.9 Å². The highest BCUT2D eigenvalue weighted by Crippen LogP contribution is 2.29. The molecule has 0 saturated heterocycles. The number of ether oxygens (including phenoxy) is 1. The summed E-state index contributed by atoms with van der Waals surface area (Å²) in [5.74, 6) is 1.80. The van der Waals surface area contributed by atoms with Crippen LogP contribution in [-0.4, -0.2) is 26.5 Å². The van der Waals surface area contributed by atoms with E-state index in [-0.39, 0.29) is 0 Å². The summed E-state index contributed by atoms with van der Waals surface area (Å²) in [6.07, 6.45) is 4.18. The maximum absolute atomic E-state index is 5.50. The molecule has 18 heavy (non-hydrogen) atoms. The van der Waals surface area contributed by atoms with E-state index in [9.17, 15) is 0 Å². The van der Waals surface area contributed by atoms with Crippen molar-refractivity contribution in [1.29, 1.82) is 0 Å². The van der Waals surface area contributed by atoms with Crippen LogP contribution in [0.15, 0.2) is 30.7 Å². The van der Waals surface area contributed by atoms with Gasteiger partial charge >= 0.3 is 0 Å². The van der Waals surface area contributed by atoms with E-state index in [2.05, 4.69) is 26.0 Å². The minimum atomic E-state index is 0.761. The number of fused-ring (bicyclic) bond motifs is 2. The largest absolute Gasteiger partial charge is 0.493 e. The number of hydrogen-bond donors (Lipinski definition) is 1. The van der Waals surface area contributed by atoms with Crippen molar-refractivity contribution in [3.8, 4) is 17.1 Å². The second-order valence-electron chi connectivity index (χ2n) is 4.26. The number of aromatic amines is 1. The number of rotatable bonds is 1. The van der Waals surface area contributed by atoms with Crippen LogP contribution in [-0.2, 0) is 6.42 Å². The molecule has 1 aromatic carbocycles. The lowest BCUT2D eigenvalue weighted by atomic mass is 10.1. The lowest BCUT2D eigenvalue weighted by Gasteiger charge is -2.00. The lowest BCUT2D eigenvalue weighted by molar-refractivity contribution is 0.357. The van der Waals surface area contributed by atoms with Crippen molar-refractivity contribution in [3.05, 3.63) is 36.3 Å². The Labute approximate surface area is 103 Å². The van der Waals surface area contributed by atoms with Gasteiger partial charge in [-0.3, -0.25) is 0 Å². The molecule has 2 aromatic heterocycles. The zero-order valence-corrected chi connectivity index (χ0v) is 9.55. The van der Waals surface area contributed by atoms with Crippen LogP contribution in [0.3, 0.4) is 0 Å². The Bertz CT molecular complexity index is 702. The van der Waals surface area contributed by atoms with E-state index in [1.54, 1.807) is 6.20 Å². The van der Waals surface area contributed by atoms with Gasteiger partial charge in [-0.1, -0.05) is 0 Å². The van der Waals surface area contributed by atoms with Crippen LogP contribution < -0.4 is 4.74 Å². The molecule has 5 heteroatoms. The van der Waals surface area contributed by atoms with Crippen LogP contribution in [0.1, 0.15) is 5.56 Å². The van der Waals surface area contributed by atoms with Gasteiger partial charge in [0.25, 0.3) is 0 Å². The Balaban J connectivity index is 1.86. The summed E-state index contributed by atoms with van der Waals surface area (Å²) in [6.45, 7) is 0.768. The van der Waals surface area contributed by atoms with Crippen molar-refractivity contribution in [2.24, 2.45) is 0 Å². The Hall–Kier alpha value is -2.43. The Morgan fingerprint density at radius 1 is 1.28 bits per heavy atom. The fraction of sp³-hybridized carbons (Fsp3) is 0.154. The predicted molar refractivity (Wildman–Crippen MR) is 66.3 cm³/mol. The van der Waals surface area contributed by atoms with Gasteiger partial charge in [0.15, 0.2) is 5.65 Å². The highest BCUT2D eigenvalue weighted by Gasteiger charge is 2.14. The fourth-order valence-corrected chi connectivity index (χ4v) is 2.23. The van der Waals surface area contributed by atoms with E-state index in [0.717, 1.165) is 41.3 Å². The molecule has 0 unspecified atom stereocenters. The molecule has 5 nitrogen and oxygen atoms in total. The van der Waals surface area contributed by atoms with Gasteiger partial charge in [0.1, 0.15) is 23.4 Å². The summed E-state index contributed by atoms with van der Waals surface area (Å²) in [5.41, 5.74) is 3.83. The molecule has 1 aliphatic heterocycles. The smallest absolute Gasteiger partial charge is 0.161 e. The first-order chi connectivity index (χ1) is 8.90. The van der Waals surface area contributed by atoms with Gasteiger partial charge in [0.2, 0.25) is 0 Å². The van der Waals surface area contributed by atoms with Gasteiger partial charge in [-0.2, -0.15) is 0 Å². The molecule has 3 heterocycles. The first-order valence-electron chi connectivity index (χ1n) is 5.82. The molecule has 0 bridgehead atoms. The zero-order valence-electron chi connectivity index (χ0n) is 9.55. The Morgan fingerprint density at radius 2 is 2.28 bits per heavy atom. The van der Waals surface area contributed by atoms with Crippen LogP contribution >= 0.6 is 0 Å². The highest BCUT2D eigenvalue weighted by molar-refractivity contribution is 5.75. The molecule has 0 saturated carbocycles. The van der Waals surface area contributed by atoms with Gasteiger partial charge in [0.05, 0.1) is 12.8 Å². The van der Waals surface area contributed by atoms with E-state index in [1.165, 1.54) is 11.9 Å². The number of aromatic nitrogens is 4. The molecule has 0 atom stereocenters. The molecule has 0 radical (unpaired) electrons. The number of nitrogens with zero attached hydrogens (tertiary/aromatic N) is 3. The Kier molecular flexibility index (Phi) is 1.88. The molecular weight excluding hydrogens is 228 g/mol. The van der Waals surface area contributed by atoms with Crippen LogP contribution in [0.25, 0.3) is 22.6 Å². The third kappa shape index (κ3) is 1.37. The SMILES string of the molecule is c1ncc2nc(-c3ccc4c(c3)CCO4)[nH]c2n1. The van der Waals surface area contributed by atoms with Crippen molar-refractivity contribution >= 4 is 11.2 Å². The summed E-state index contributed by atoms with van der Waals surface area (Å²) in [4.78, 5) is 15.8. The molecule has 4 rings (SSSR count). The molecule has 88 valence electrons. The summed E-state index contributed by atoms with van der Waals surface area (Å²) < 4.78 is 5.50. The normalized spacial score (nSPS) is 13.6. The quantitative estimate of drug-likeness (QED) is 0.703. The average Bonchev–Trinajstić information content (AvgIpc) is 3.04. The van der Waals surface area contributed by atoms with E-state index in [0.29, 0.717) is 0 Å². The fourth-order valence-electron chi connectivity index (χ4n) is 2.23. The number of H-pyrrole nitrogens is 1. The zero-order chi connectivity index (χ0) is 11.9. The summed E-state index contributed by atoms with van der Waals surface area (Å²) >= 11 is 0. The standard InChI is InChI=1S/C13H10N4O/c1-2-11-8(3-4-18-11)5-9(1)12-16-10-6-14-7-15-13(10)17-12/h1-2,5-7H,3-4H2,(H,14,15,16,17). The second-order valence-corrected chi connectivity index (χ2v) is 4.26. The number of benzene rings is 1. The first kappa shape index (κ1) is 9.58. The van der Waals surface area contributed by atoms with Crippen LogP contribution in [0.4, 0.5) is 0 Å². The first-order valence-corrected chi connectivity index (χ1v) is 5.82. The third-order valence-corrected chi connectivity index (χ3v) is 3.12. The van der Waals surface area contributed by atoms with Crippen LogP contribution in [0.2, 0.25) is 0 Å². The number of imidazole rings is 1. The number of hydrogen-bond acceptors (Lipinski definition) is 4. The minimum Gasteiger partial charge on any atom is -0.493 e. The number of nitrogens with one attached hydrogen (secondary N) is 1. The average molecular weight is 238 g/mol. The van der Waals surface area contributed by atoms with Crippen molar-refractivity contribution < 1.29 is 4.74 Å². The van der Waals surface area contributed by atoms with Crippen LogP contribution in [0, 0.1) is 0 Å². The Morgan fingerprint density at radius 3 is 3.22 bits per heavy atom. The van der Waals surface area contributed by atoms with Gasteiger partial charge in [0, 0.05) is 12.0 Å². The molecule has 3 aromatic rings. The topological polar surface area (TPSA) is 63.7 Å². The maximum atomic E-state index is 5.50. The molecule has 0 amide bonds. The van der Waals surface area contributed by atoms with Crippen molar-refractivity contribution in [2.75, 3.05) is 6.61 Å². The molecular formula is C13H10N4O. The molecule has 0 aliphatic carbocycles. The van der Waals surface area contributed by atoms with Gasteiger partial charge in [-0.25, -0.2) is 15.0 Å². The van der Waals surface area contributed by atoms with E-state index in [4.69, 9.17) is 4.74 Å². The van der Waals surface area contributed by atoms with Crippen LogP contribution in [0.5, 0.6) is 5.75 Å². The van der Waals surface area contributed by atoms with E-state index >= 15 is 0 Å². The highest BCUT2D eigenvalue weighted by atomic mass is 16.5. The minimum absolute atomic E-state index is 0.761. The molecule has 0 fully saturated rings. The lowest BCUT2D eigenvalue weighted by Crippen LogP contribution is -1.85. The third-order valence-electron chi connectivity index (χ3n) is 3.12. The summed E-state index contributed by atoms with van der Waals surface area (Å²) in [5, 5.41) is 0. The van der Waals surface area contributed by atoms with Crippen molar-refractivity contribution in [2.45, 2.75) is 6.42 Å². The summed E-state index contributed by atoms with van der Waals surface area (Å²) in [6, 6.07) is 6.12.